The number of hydrogen-bond donors (Lipinski definition) is 0. The molecule has 0 amide bonds. The maximum atomic E-state index is 13.3. The van der Waals surface area contributed by atoms with E-state index in [-0.39, 0.29) is 28.9 Å². The normalized spacial score (nSPS) is 12.2. The molecule has 10 heteroatoms. The Balaban J connectivity index is 2.18. The number of nitriles is 1. The van der Waals surface area contributed by atoms with Gasteiger partial charge in [0.05, 0.1) is 24.2 Å². The van der Waals surface area contributed by atoms with Gasteiger partial charge >= 0.3 is 0 Å². The lowest BCUT2D eigenvalue weighted by molar-refractivity contribution is 0.329. The number of nitrogens with zero attached hydrogens (tertiary/aromatic N) is 4. The van der Waals surface area contributed by atoms with Crippen LogP contribution in [0.25, 0.3) is 10.9 Å². The molecule has 0 saturated carbocycles. The van der Waals surface area contributed by atoms with Gasteiger partial charge in [-0.05, 0) is 46.6 Å². The van der Waals surface area contributed by atoms with Crippen molar-refractivity contribution >= 4 is 60.6 Å². The molecule has 0 saturated heterocycles. The summed E-state index contributed by atoms with van der Waals surface area (Å²) in [6.45, 7) is 3.84. The zero-order valence-electron chi connectivity index (χ0n) is 17.5. The van der Waals surface area contributed by atoms with E-state index in [0.29, 0.717) is 32.5 Å². The van der Waals surface area contributed by atoms with Crippen molar-refractivity contribution in [3.8, 4) is 17.6 Å². The van der Waals surface area contributed by atoms with Crippen LogP contribution in [0, 0.1) is 11.3 Å². The summed E-state index contributed by atoms with van der Waals surface area (Å²) < 4.78 is 13.3. The quantitative estimate of drug-likeness (QED) is 0.325. The molecule has 0 aliphatic carbocycles. The molecule has 1 heterocycles. The maximum Gasteiger partial charge on any atom is 0.282 e. The van der Waals surface area contributed by atoms with Crippen LogP contribution in [-0.4, -0.2) is 29.6 Å². The first kappa shape index (κ1) is 24.2. The average Bonchev–Trinajstić information content (AvgIpc) is 2.79. The summed E-state index contributed by atoms with van der Waals surface area (Å²) in [7, 11) is 1.47. The SMILES string of the molecule is CC[C@H](C)c1nc2ccc(Br)cc2c(=O)n1N=Cc1cc(OC)c(OCC#N)c(Cl)c1Br. The van der Waals surface area contributed by atoms with E-state index in [4.69, 9.17) is 31.3 Å². The molecular weight excluding hydrogens is 564 g/mol. The van der Waals surface area contributed by atoms with E-state index in [1.54, 1.807) is 12.1 Å². The highest BCUT2D eigenvalue weighted by atomic mass is 79.9. The monoisotopic (exact) mass is 580 g/mol. The molecule has 0 aliphatic heterocycles. The number of aromatic nitrogens is 2. The van der Waals surface area contributed by atoms with Crippen LogP contribution >= 0.6 is 43.5 Å². The van der Waals surface area contributed by atoms with Crippen LogP contribution in [0.15, 0.2) is 43.1 Å². The Bertz CT molecular complexity index is 1300. The molecule has 7 nitrogen and oxygen atoms in total. The summed E-state index contributed by atoms with van der Waals surface area (Å²) in [5.74, 6) is 1.15. The molecule has 0 radical (unpaired) electrons. The average molecular weight is 583 g/mol. The largest absolute Gasteiger partial charge is 0.493 e. The molecule has 3 aromatic rings. The summed E-state index contributed by atoms with van der Waals surface area (Å²) in [5.41, 5.74) is 0.906. The Morgan fingerprint density at radius 2 is 2.12 bits per heavy atom. The van der Waals surface area contributed by atoms with Gasteiger partial charge in [0.2, 0.25) is 0 Å². The van der Waals surface area contributed by atoms with E-state index in [2.05, 4.69) is 37.0 Å². The number of methoxy groups -OCH3 is 1. The molecule has 166 valence electrons. The zero-order chi connectivity index (χ0) is 23.4. The van der Waals surface area contributed by atoms with E-state index in [1.165, 1.54) is 18.0 Å². The molecular formula is C22H19Br2ClN4O3. The first-order valence-corrected chi connectivity index (χ1v) is 11.6. The van der Waals surface area contributed by atoms with Crippen molar-refractivity contribution in [2.75, 3.05) is 13.7 Å². The second-order valence-electron chi connectivity index (χ2n) is 6.87. The Morgan fingerprint density at radius 1 is 1.38 bits per heavy atom. The predicted molar refractivity (Wildman–Crippen MR) is 132 cm³/mol. The minimum Gasteiger partial charge on any atom is -0.493 e. The number of ether oxygens (including phenoxy) is 2. The number of rotatable bonds is 7. The van der Waals surface area contributed by atoms with Crippen molar-refractivity contribution in [2.24, 2.45) is 5.10 Å². The second kappa shape index (κ2) is 10.5. The predicted octanol–water partition coefficient (Wildman–Crippen LogP) is 5.88. The molecule has 3 rings (SSSR count). The highest BCUT2D eigenvalue weighted by Crippen LogP contribution is 2.42. The van der Waals surface area contributed by atoms with E-state index in [0.717, 1.165) is 10.9 Å². The standard InChI is InChI=1S/C22H19Br2ClN4O3/c1-4-12(2)21-28-16-6-5-14(23)10-15(16)22(30)29(21)27-11-13-9-17(31-3)20(32-8-7-26)19(25)18(13)24/h5-6,9-12H,4,8H2,1-3H3/t12-/m0/s1. The van der Waals surface area contributed by atoms with Gasteiger partial charge < -0.3 is 9.47 Å². The molecule has 0 bridgehead atoms. The van der Waals surface area contributed by atoms with Crippen LogP contribution in [0.5, 0.6) is 11.5 Å². The Hall–Kier alpha value is -2.41. The summed E-state index contributed by atoms with van der Waals surface area (Å²) in [6.07, 6.45) is 2.30. The van der Waals surface area contributed by atoms with Crippen molar-refractivity contribution in [1.82, 2.24) is 9.66 Å². The van der Waals surface area contributed by atoms with Gasteiger partial charge in [-0.25, -0.2) is 4.98 Å². The van der Waals surface area contributed by atoms with Gasteiger partial charge in [0, 0.05) is 20.4 Å². The Kier molecular flexibility index (Phi) is 7.93. The lowest BCUT2D eigenvalue weighted by Gasteiger charge is -2.15. The fourth-order valence-corrected chi connectivity index (χ4v) is 4.00. The molecule has 32 heavy (non-hydrogen) atoms. The number of fused-ring (bicyclic) bond motifs is 1. The minimum atomic E-state index is -0.272. The van der Waals surface area contributed by atoms with Crippen molar-refractivity contribution in [3.05, 3.63) is 60.0 Å². The molecule has 2 aromatic carbocycles. The molecule has 0 N–H and O–H groups in total. The molecule has 0 unspecified atom stereocenters. The topological polar surface area (TPSA) is 89.5 Å². The van der Waals surface area contributed by atoms with Gasteiger partial charge in [-0.15, -0.1) is 0 Å². The first-order valence-electron chi connectivity index (χ1n) is 9.64. The highest BCUT2D eigenvalue weighted by Gasteiger charge is 2.18. The van der Waals surface area contributed by atoms with Crippen LogP contribution in [0.2, 0.25) is 5.02 Å². The lowest BCUT2D eigenvalue weighted by Crippen LogP contribution is -2.23. The van der Waals surface area contributed by atoms with E-state index in [1.807, 2.05) is 32.0 Å². The van der Waals surface area contributed by atoms with Gasteiger partial charge in [-0.2, -0.15) is 15.0 Å². The summed E-state index contributed by atoms with van der Waals surface area (Å²) in [5, 5.41) is 13.9. The van der Waals surface area contributed by atoms with Gasteiger partial charge in [-0.1, -0.05) is 41.4 Å². The number of benzene rings is 2. The molecule has 1 aromatic heterocycles. The molecule has 1 atom stereocenters. The van der Waals surface area contributed by atoms with Crippen molar-refractivity contribution < 1.29 is 9.47 Å². The third-order valence-electron chi connectivity index (χ3n) is 4.86. The number of hydrogen-bond acceptors (Lipinski definition) is 6. The lowest BCUT2D eigenvalue weighted by atomic mass is 10.1. The van der Waals surface area contributed by atoms with Crippen LogP contribution in [0.3, 0.4) is 0 Å². The van der Waals surface area contributed by atoms with Crippen molar-refractivity contribution in [3.63, 3.8) is 0 Å². The van der Waals surface area contributed by atoms with E-state index < -0.39 is 0 Å². The van der Waals surface area contributed by atoms with E-state index >= 15 is 0 Å². The maximum absolute atomic E-state index is 13.3. The summed E-state index contributed by atoms with van der Waals surface area (Å²) >= 11 is 13.3. The summed E-state index contributed by atoms with van der Waals surface area (Å²) in [4.78, 5) is 18.0. The Labute approximate surface area is 206 Å². The molecule has 0 fully saturated rings. The van der Waals surface area contributed by atoms with Crippen LogP contribution in [0.1, 0.15) is 37.6 Å². The van der Waals surface area contributed by atoms with Gasteiger partial charge in [0.1, 0.15) is 16.9 Å². The third-order valence-corrected chi connectivity index (χ3v) is 6.79. The Morgan fingerprint density at radius 3 is 2.78 bits per heavy atom. The van der Waals surface area contributed by atoms with Crippen LogP contribution < -0.4 is 15.0 Å². The summed E-state index contributed by atoms with van der Waals surface area (Å²) in [6, 6.07) is 8.94. The molecule has 0 aliphatic rings. The smallest absolute Gasteiger partial charge is 0.282 e. The van der Waals surface area contributed by atoms with E-state index in [9.17, 15) is 4.79 Å². The zero-order valence-corrected chi connectivity index (χ0v) is 21.5. The van der Waals surface area contributed by atoms with Crippen LogP contribution in [0.4, 0.5) is 0 Å². The highest BCUT2D eigenvalue weighted by molar-refractivity contribution is 9.10. The first-order chi connectivity index (χ1) is 15.3. The van der Waals surface area contributed by atoms with Gasteiger partial charge in [-0.3, -0.25) is 4.79 Å². The fourth-order valence-electron chi connectivity index (χ4n) is 2.99. The van der Waals surface area contributed by atoms with Gasteiger partial charge in [0.25, 0.3) is 5.56 Å². The number of halogens is 3. The van der Waals surface area contributed by atoms with Gasteiger partial charge in [0.15, 0.2) is 18.1 Å². The van der Waals surface area contributed by atoms with Crippen LogP contribution in [-0.2, 0) is 0 Å². The van der Waals surface area contributed by atoms with Crippen molar-refractivity contribution in [1.29, 1.82) is 5.26 Å². The minimum absolute atomic E-state index is 0.0104. The fraction of sp³-hybridized carbons (Fsp3) is 0.273. The van der Waals surface area contributed by atoms with Crippen molar-refractivity contribution in [2.45, 2.75) is 26.2 Å². The second-order valence-corrected chi connectivity index (χ2v) is 8.96. The molecule has 0 spiro atoms. The third kappa shape index (κ3) is 4.82.